The third-order valence-electron chi connectivity index (χ3n) is 1.79. The van der Waals surface area contributed by atoms with Crippen molar-refractivity contribution in [2.24, 2.45) is 0 Å². The molecule has 1 aromatic carbocycles. The maximum Gasteiger partial charge on any atom is 0.180 e. The van der Waals surface area contributed by atoms with Crippen molar-refractivity contribution in [2.45, 2.75) is 6.61 Å². The molecule has 1 aromatic heterocycles. The smallest absolute Gasteiger partial charge is 0.180 e. The number of anilines is 1. The highest BCUT2D eigenvalue weighted by molar-refractivity contribution is 7.13. The van der Waals surface area contributed by atoms with Crippen LogP contribution in [0.25, 0.3) is 0 Å². The molecule has 0 saturated heterocycles. The first-order valence-corrected chi connectivity index (χ1v) is 6.06. The van der Waals surface area contributed by atoms with Gasteiger partial charge in [-0.15, -0.1) is 11.3 Å². The zero-order valence-electron chi connectivity index (χ0n) is 8.11. The number of benzene rings is 1. The molecule has 0 saturated carbocycles. The monoisotopic (exact) mass is 274 g/mol. The van der Waals surface area contributed by atoms with E-state index in [0.29, 0.717) is 27.5 Å². The second kappa shape index (κ2) is 4.91. The molecule has 0 fully saturated rings. The van der Waals surface area contributed by atoms with Crippen LogP contribution in [0.2, 0.25) is 10.0 Å². The predicted octanol–water partition coefficient (Wildman–Crippen LogP) is 3.61. The Labute approximate surface area is 107 Å². The Morgan fingerprint density at radius 2 is 1.94 bits per heavy atom. The molecular formula is C10H8Cl2N2OS. The number of nitrogens with two attached hydrogens (primary N) is 1. The first-order chi connectivity index (χ1) is 7.63. The lowest BCUT2D eigenvalue weighted by molar-refractivity contribution is 0.302. The van der Waals surface area contributed by atoms with E-state index in [9.17, 15) is 0 Å². The molecule has 6 heteroatoms. The normalized spacial score (nSPS) is 10.4. The third-order valence-corrected chi connectivity index (χ3v) is 2.95. The molecule has 0 radical (unpaired) electrons. The molecule has 16 heavy (non-hydrogen) atoms. The number of hydrogen-bond donors (Lipinski definition) is 1. The minimum atomic E-state index is 0.352. The SMILES string of the molecule is Nc1nc(COc2cc(Cl)cc(Cl)c2)cs1. The molecule has 2 rings (SSSR count). The van der Waals surface area contributed by atoms with Crippen molar-refractivity contribution >= 4 is 39.7 Å². The highest BCUT2D eigenvalue weighted by atomic mass is 35.5. The van der Waals surface area contributed by atoms with Crippen molar-refractivity contribution < 1.29 is 4.74 Å². The van der Waals surface area contributed by atoms with Gasteiger partial charge in [-0.2, -0.15) is 0 Å². The van der Waals surface area contributed by atoms with E-state index in [0.717, 1.165) is 5.69 Å². The molecule has 84 valence electrons. The van der Waals surface area contributed by atoms with Gasteiger partial charge in [0.2, 0.25) is 0 Å². The largest absolute Gasteiger partial charge is 0.487 e. The van der Waals surface area contributed by atoms with Gasteiger partial charge in [0.1, 0.15) is 12.4 Å². The maximum absolute atomic E-state index is 5.84. The lowest BCUT2D eigenvalue weighted by Gasteiger charge is -2.05. The van der Waals surface area contributed by atoms with E-state index in [1.807, 2.05) is 5.38 Å². The Kier molecular flexibility index (Phi) is 3.53. The van der Waals surface area contributed by atoms with Crippen LogP contribution in [0.3, 0.4) is 0 Å². The molecule has 3 nitrogen and oxygen atoms in total. The first-order valence-electron chi connectivity index (χ1n) is 4.42. The highest BCUT2D eigenvalue weighted by Gasteiger charge is 2.02. The Balaban J connectivity index is 2.04. The van der Waals surface area contributed by atoms with Crippen molar-refractivity contribution in [2.75, 3.05) is 5.73 Å². The minimum Gasteiger partial charge on any atom is -0.487 e. The summed E-state index contributed by atoms with van der Waals surface area (Å²) in [7, 11) is 0. The van der Waals surface area contributed by atoms with Gasteiger partial charge < -0.3 is 10.5 Å². The Morgan fingerprint density at radius 3 is 2.50 bits per heavy atom. The van der Waals surface area contributed by atoms with Gasteiger partial charge >= 0.3 is 0 Å². The van der Waals surface area contributed by atoms with Crippen LogP contribution in [0.15, 0.2) is 23.6 Å². The van der Waals surface area contributed by atoms with Gasteiger partial charge in [0, 0.05) is 15.4 Å². The lowest BCUT2D eigenvalue weighted by atomic mass is 10.3. The Hall–Kier alpha value is -0.970. The molecular weight excluding hydrogens is 267 g/mol. The quantitative estimate of drug-likeness (QED) is 0.930. The topological polar surface area (TPSA) is 48.1 Å². The number of hydrogen-bond acceptors (Lipinski definition) is 4. The summed E-state index contributed by atoms with van der Waals surface area (Å²) in [5.41, 5.74) is 6.30. The van der Waals surface area contributed by atoms with Crippen LogP contribution in [0.5, 0.6) is 5.75 Å². The van der Waals surface area contributed by atoms with Crippen molar-refractivity contribution in [1.29, 1.82) is 0 Å². The molecule has 0 bridgehead atoms. The summed E-state index contributed by atoms with van der Waals surface area (Å²) >= 11 is 13.1. The Morgan fingerprint density at radius 1 is 1.25 bits per heavy atom. The maximum atomic E-state index is 5.84. The van der Waals surface area contributed by atoms with Crippen molar-refractivity contribution in [1.82, 2.24) is 4.98 Å². The van der Waals surface area contributed by atoms with E-state index >= 15 is 0 Å². The zero-order valence-corrected chi connectivity index (χ0v) is 10.4. The van der Waals surface area contributed by atoms with Crippen LogP contribution < -0.4 is 10.5 Å². The molecule has 0 aliphatic carbocycles. The molecule has 0 atom stereocenters. The van der Waals surface area contributed by atoms with Gasteiger partial charge in [-0.25, -0.2) is 4.98 Å². The number of nitrogens with zero attached hydrogens (tertiary/aromatic N) is 1. The van der Waals surface area contributed by atoms with Crippen LogP contribution in [0.4, 0.5) is 5.13 Å². The summed E-state index contributed by atoms with van der Waals surface area (Å²) in [6, 6.07) is 5.04. The second-order valence-electron chi connectivity index (χ2n) is 3.07. The van der Waals surface area contributed by atoms with E-state index < -0.39 is 0 Å². The lowest BCUT2D eigenvalue weighted by Crippen LogP contribution is -1.96. The van der Waals surface area contributed by atoms with Gasteiger partial charge in [-0.05, 0) is 18.2 Å². The molecule has 1 heterocycles. The van der Waals surface area contributed by atoms with Crippen LogP contribution in [0, 0.1) is 0 Å². The van der Waals surface area contributed by atoms with Gasteiger partial charge in [0.25, 0.3) is 0 Å². The minimum absolute atomic E-state index is 0.352. The average molecular weight is 275 g/mol. The highest BCUT2D eigenvalue weighted by Crippen LogP contribution is 2.25. The fraction of sp³-hybridized carbons (Fsp3) is 0.100. The van der Waals surface area contributed by atoms with Crippen molar-refractivity contribution in [3.63, 3.8) is 0 Å². The standard InChI is InChI=1S/C10H8Cl2N2OS/c11-6-1-7(12)3-9(2-6)15-4-8-5-16-10(13)14-8/h1-3,5H,4H2,(H2,13,14). The molecule has 0 aliphatic rings. The number of aromatic nitrogens is 1. The molecule has 2 N–H and O–H groups in total. The van der Waals surface area contributed by atoms with Crippen LogP contribution >= 0.6 is 34.5 Å². The van der Waals surface area contributed by atoms with Crippen molar-refractivity contribution in [3.05, 3.63) is 39.3 Å². The second-order valence-corrected chi connectivity index (χ2v) is 4.83. The van der Waals surface area contributed by atoms with Crippen LogP contribution in [-0.4, -0.2) is 4.98 Å². The molecule has 0 amide bonds. The average Bonchev–Trinajstić information content (AvgIpc) is 2.60. The number of thiazole rings is 1. The van der Waals surface area contributed by atoms with Crippen LogP contribution in [0.1, 0.15) is 5.69 Å². The molecule has 0 aliphatic heterocycles. The van der Waals surface area contributed by atoms with Crippen LogP contribution in [-0.2, 0) is 6.61 Å². The summed E-state index contributed by atoms with van der Waals surface area (Å²) in [5.74, 6) is 0.615. The fourth-order valence-corrected chi connectivity index (χ4v) is 2.21. The number of rotatable bonds is 3. The summed E-state index contributed by atoms with van der Waals surface area (Å²) in [6.07, 6.45) is 0. The fourth-order valence-electron chi connectivity index (χ4n) is 1.16. The number of nitrogen functional groups attached to an aromatic ring is 1. The van der Waals surface area contributed by atoms with Gasteiger partial charge in [-0.1, -0.05) is 23.2 Å². The van der Waals surface area contributed by atoms with Crippen molar-refractivity contribution in [3.8, 4) is 5.75 Å². The molecule has 0 spiro atoms. The Bertz CT molecular complexity index is 481. The summed E-state index contributed by atoms with van der Waals surface area (Å²) < 4.78 is 5.49. The zero-order chi connectivity index (χ0) is 11.5. The first kappa shape index (κ1) is 11.5. The van der Waals surface area contributed by atoms with E-state index in [2.05, 4.69) is 4.98 Å². The van der Waals surface area contributed by atoms with Gasteiger partial charge in [0.05, 0.1) is 5.69 Å². The number of halogens is 2. The van der Waals surface area contributed by atoms with E-state index in [1.165, 1.54) is 11.3 Å². The van der Waals surface area contributed by atoms with Gasteiger partial charge in [0.15, 0.2) is 5.13 Å². The summed E-state index contributed by atoms with van der Waals surface area (Å²) in [4.78, 5) is 4.08. The van der Waals surface area contributed by atoms with E-state index in [4.69, 9.17) is 33.7 Å². The van der Waals surface area contributed by atoms with E-state index in [1.54, 1.807) is 18.2 Å². The predicted molar refractivity (Wildman–Crippen MR) is 67.3 cm³/mol. The molecule has 2 aromatic rings. The molecule has 0 unspecified atom stereocenters. The van der Waals surface area contributed by atoms with Gasteiger partial charge in [-0.3, -0.25) is 0 Å². The third kappa shape index (κ3) is 3.01. The summed E-state index contributed by atoms with van der Waals surface area (Å²) in [6.45, 7) is 0.352. The number of ether oxygens (including phenoxy) is 1. The summed E-state index contributed by atoms with van der Waals surface area (Å²) in [5, 5.41) is 3.46. The van der Waals surface area contributed by atoms with E-state index in [-0.39, 0.29) is 0 Å².